The van der Waals surface area contributed by atoms with Crippen LogP contribution in [0.25, 0.3) is 0 Å². The molecule has 1 N–H and O–H groups in total. The molecule has 2 atom stereocenters. The molecule has 1 saturated heterocycles. The average Bonchev–Trinajstić information content (AvgIpc) is 3.11. The molecule has 1 heterocycles. The lowest BCUT2D eigenvalue weighted by molar-refractivity contribution is -0.133. The fourth-order valence-corrected chi connectivity index (χ4v) is 3.67. The van der Waals surface area contributed by atoms with Gasteiger partial charge in [0.05, 0.1) is 20.1 Å². The molecule has 1 fully saturated rings. The molecular formula is C22H34N2O4. The third-order valence-corrected chi connectivity index (χ3v) is 5.32. The fourth-order valence-electron chi connectivity index (χ4n) is 3.67. The van der Waals surface area contributed by atoms with E-state index in [9.17, 15) is 9.59 Å². The average molecular weight is 391 g/mol. The third kappa shape index (κ3) is 5.18. The molecule has 0 bridgehead atoms. The molecule has 0 aliphatic carbocycles. The van der Waals surface area contributed by atoms with Crippen LogP contribution >= 0.6 is 0 Å². The van der Waals surface area contributed by atoms with Crippen molar-refractivity contribution in [2.45, 2.75) is 40.0 Å². The number of methoxy groups -OCH3 is 2. The molecule has 156 valence electrons. The van der Waals surface area contributed by atoms with Gasteiger partial charge in [0.25, 0.3) is 0 Å². The Labute approximate surface area is 168 Å². The molecule has 0 saturated carbocycles. The highest BCUT2D eigenvalue weighted by Crippen LogP contribution is 2.39. The molecule has 6 nitrogen and oxygen atoms in total. The maximum absolute atomic E-state index is 13.0. The van der Waals surface area contributed by atoms with Crippen molar-refractivity contribution in [2.24, 2.45) is 17.8 Å². The van der Waals surface area contributed by atoms with Crippen LogP contribution in [0.4, 0.5) is 0 Å². The number of carbonyl (C=O) groups is 2. The Hall–Kier alpha value is -2.24. The number of benzene rings is 1. The monoisotopic (exact) mass is 390 g/mol. The number of ether oxygens (including phenoxy) is 2. The van der Waals surface area contributed by atoms with Gasteiger partial charge in [-0.05, 0) is 30.5 Å². The van der Waals surface area contributed by atoms with Gasteiger partial charge in [-0.2, -0.15) is 0 Å². The molecule has 1 aliphatic rings. The maximum Gasteiger partial charge on any atom is 0.225 e. The first-order valence-electron chi connectivity index (χ1n) is 10.1. The molecule has 0 aromatic heterocycles. The first-order chi connectivity index (χ1) is 13.3. The molecule has 2 rings (SSSR count). The molecule has 0 radical (unpaired) electrons. The van der Waals surface area contributed by atoms with Crippen LogP contribution in [0.5, 0.6) is 11.5 Å². The van der Waals surface area contributed by atoms with Gasteiger partial charge in [-0.3, -0.25) is 9.59 Å². The molecule has 6 heteroatoms. The molecule has 0 unspecified atom stereocenters. The van der Waals surface area contributed by atoms with Crippen LogP contribution in [-0.4, -0.2) is 50.6 Å². The largest absolute Gasteiger partial charge is 0.497 e. The second-order valence-corrected chi connectivity index (χ2v) is 8.19. The Morgan fingerprint density at radius 3 is 2.43 bits per heavy atom. The van der Waals surface area contributed by atoms with E-state index in [1.165, 1.54) is 0 Å². The van der Waals surface area contributed by atoms with E-state index >= 15 is 0 Å². The van der Waals surface area contributed by atoms with Gasteiger partial charge in [0.2, 0.25) is 11.8 Å². The Bertz CT molecular complexity index is 687. The van der Waals surface area contributed by atoms with E-state index in [2.05, 4.69) is 19.2 Å². The number of amides is 2. The summed E-state index contributed by atoms with van der Waals surface area (Å²) in [6.45, 7) is 9.62. The number of carbonyl (C=O) groups excluding carboxylic acids is 2. The molecule has 1 aromatic rings. The molecule has 2 amide bonds. The highest BCUT2D eigenvalue weighted by molar-refractivity contribution is 5.84. The first-order valence-corrected chi connectivity index (χ1v) is 10.1. The molecule has 0 spiro atoms. The van der Waals surface area contributed by atoms with Gasteiger partial charge < -0.3 is 19.7 Å². The number of hydrogen-bond acceptors (Lipinski definition) is 4. The summed E-state index contributed by atoms with van der Waals surface area (Å²) in [5.41, 5.74) is 0.907. The van der Waals surface area contributed by atoms with Crippen LogP contribution < -0.4 is 14.8 Å². The van der Waals surface area contributed by atoms with Crippen molar-refractivity contribution < 1.29 is 19.1 Å². The number of rotatable bonds is 8. The van der Waals surface area contributed by atoms with E-state index in [1.807, 2.05) is 32.0 Å². The molecule has 1 aliphatic heterocycles. The second-order valence-electron chi connectivity index (χ2n) is 8.19. The highest BCUT2D eigenvalue weighted by Gasteiger charge is 2.42. The van der Waals surface area contributed by atoms with Gasteiger partial charge >= 0.3 is 0 Å². The van der Waals surface area contributed by atoms with Crippen molar-refractivity contribution in [3.05, 3.63) is 23.8 Å². The van der Waals surface area contributed by atoms with E-state index in [1.54, 1.807) is 19.1 Å². The lowest BCUT2D eigenvalue weighted by Gasteiger charge is -2.21. The van der Waals surface area contributed by atoms with Crippen LogP contribution in [0.3, 0.4) is 0 Å². The van der Waals surface area contributed by atoms with Crippen LogP contribution in [0.2, 0.25) is 0 Å². The Morgan fingerprint density at radius 2 is 1.86 bits per heavy atom. The van der Waals surface area contributed by atoms with Gasteiger partial charge in [0.1, 0.15) is 11.5 Å². The first kappa shape index (κ1) is 22.1. The molecular weight excluding hydrogens is 356 g/mol. The number of nitrogens with zero attached hydrogens (tertiary/aromatic N) is 1. The minimum atomic E-state index is -0.309. The van der Waals surface area contributed by atoms with E-state index in [0.29, 0.717) is 37.1 Å². The summed E-state index contributed by atoms with van der Waals surface area (Å²) in [7, 11) is 3.24. The zero-order chi connectivity index (χ0) is 20.8. The Kier molecular flexibility index (Phi) is 7.72. The topological polar surface area (TPSA) is 67.9 Å². The molecule has 28 heavy (non-hydrogen) atoms. The third-order valence-electron chi connectivity index (χ3n) is 5.32. The van der Waals surface area contributed by atoms with E-state index in [0.717, 1.165) is 12.0 Å². The lowest BCUT2D eigenvalue weighted by Crippen LogP contribution is -2.37. The summed E-state index contributed by atoms with van der Waals surface area (Å²) in [5, 5.41) is 3.06. The summed E-state index contributed by atoms with van der Waals surface area (Å²) in [6, 6.07) is 5.61. The smallest absolute Gasteiger partial charge is 0.225 e. The molecule has 1 aromatic carbocycles. The van der Waals surface area contributed by atoms with Gasteiger partial charge in [-0.25, -0.2) is 0 Å². The summed E-state index contributed by atoms with van der Waals surface area (Å²) >= 11 is 0. The summed E-state index contributed by atoms with van der Waals surface area (Å²) in [5.74, 6) is 1.47. The maximum atomic E-state index is 13.0. The van der Waals surface area contributed by atoms with E-state index in [4.69, 9.17) is 9.47 Å². The van der Waals surface area contributed by atoms with Crippen LogP contribution in [0.15, 0.2) is 18.2 Å². The van der Waals surface area contributed by atoms with Gasteiger partial charge in [-0.15, -0.1) is 0 Å². The van der Waals surface area contributed by atoms with Gasteiger partial charge in [0, 0.05) is 37.0 Å². The van der Waals surface area contributed by atoms with Crippen molar-refractivity contribution in [3.63, 3.8) is 0 Å². The summed E-state index contributed by atoms with van der Waals surface area (Å²) in [4.78, 5) is 27.4. The van der Waals surface area contributed by atoms with Gasteiger partial charge in [-0.1, -0.05) is 27.7 Å². The SMILES string of the molecule is COc1ccc(OC)c([C@H]2CN(C(=O)C(C)C)C[C@@H]2C(=O)NCCC(C)C)c1. The number of nitrogens with one attached hydrogen (secondary N) is 1. The minimum Gasteiger partial charge on any atom is -0.497 e. The van der Waals surface area contributed by atoms with Crippen LogP contribution in [0, 0.1) is 17.8 Å². The summed E-state index contributed by atoms with van der Waals surface area (Å²) in [6.07, 6.45) is 0.931. The van der Waals surface area contributed by atoms with Crippen molar-refractivity contribution in [1.29, 1.82) is 0 Å². The van der Waals surface area contributed by atoms with Gasteiger partial charge in [0.15, 0.2) is 0 Å². The van der Waals surface area contributed by atoms with Crippen molar-refractivity contribution >= 4 is 11.8 Å². The lowest BCUT2D eigenvalue weighted by atomic mass is 9.87. The van der Waals surface area contributed by atoms with Crippen molar-refractivity contribution in [1.82, 2.24) is 10.2 Å². The van der Waals surface area contributed by atoms with Crippen LogP contribution in [0.1, 0.15) is 45.6 Å². The highest BCUT2D eigenvalue weighted by atomic mass is 16.5. The van der Waals surface area contributed by atoms with Crippen molar-refractivity contribution in [2.75, 3.05) is 33.9 Å². The predicted octanol–water partition coefficient (Wildman–Crippen LogP) is 3.06. The second kappa shape index (κ2) is 9.80. The van der Waals surface area contributed by atoms with E-state index in [-0.39, 0.29) is 29.6 Å². The zero-order valence-electron chi connectivity index (χ0n) is 18.0. The Morgan fingerprint density at radius 1 is 1.14 bits per heavy atom. The normalized spacial score (nSPS) is 19.2. The quantitative estimate of drug-likeness (QED) is 0.741. The predicted molar refractivity (Wildman–Crippen MR) is 110 cm³/mol. The fraction of sp³-hybridized carbons (Fsp3) is 0.636. The number of likely N-dealkylation sites (tertiary alicyclic amines) is 1. The van der Waals surface area contributed by atoms with Crippen molar-refractivity contribution in [3.8, 4) is 11.5 Å². The number of hydrogen-bond donors (Lipinski definition) is 1. The standard InChI is InChI=1S/C22H34N2O4/c1-14(2)9-10-23-21(25)19-13-24(22(26)15(3)4)12-18(19)17-11-16(27-5)7-8-20(17)28-6/h7-8,11,14-15,18-19H,9-10,12-13H2,1-6H3,(H,23,25)/t18-,19+/m1/s1. The summed E-state index contributed by atoms with van der Waals surface area (Å²) < 4.78 is 10.9. The van der Waals surface area contributed by atoms with Crippen LogP contribution in [-0.2, 0) is 9.59 Å². The Balaban J connectivity index is 2.31. The minimum absolute atomic E-state index is 0.00502. The zero-order valence-corrected chi connectivity index (χ0v) is 18.0. The van der Waals surface area contributed by atoms with E-state index < -0.39 is 0 Å².